The molecule has 118 valence electrons. The number of nitrogens with zero attached hydrogens (tertiary/aromatic N) is 3. The molecular weight excluding hydrogens is 290 g/mol. The lowest BCUT2D eigenvalue weighted by molar-refractivity contribution is 0.215. The van der Waals surface area contributed by atoms with Crippen LogP contribution in [0.1, 0.15) is 25.8 Å². The maximum absolute atomic E-state index is 12.6. The number of rotatable bonds is 5. The molecule has 1 aromatic carbocycles. The van der Waals surface area contributed by atoms with Gasteiger partial charge in [0.15, 0.2) is 0 Å². The fourth-order valence-electron chi connectivity index (χ4n) is 2.35. The van der Waals surface area contributed by atoms with E-state index < -0.39 is 0 Å². The zero-order chi connectivity index (χ0) is 16.2. The van der Waals surface area contributed by atoms with Crippen molar-refractivity contribution in [1.82, 2.24) is 14.5 Å². The van der Waals surface area contributed by atoms with E-state index in [1.165, 1.54) is 0 Å². The van der Waals surface area contributed by atoms with E-state index in [9.17, 15) is 4.79 Å². The zero-order valence-corrected chi connectivity index (χ0v) is 13.3. The topological polar surface area (TPSA) is 57.0 Å². The van der Waals surface area contributed by atoms with Crippen molar-refractivity contribution in [3.8, 4) is 5.75 Å². The smallest absolute Gasteiger partial charge is 0.261 e. The van der Waals surface area contributed by atoms with Crippen LogP contribution in [0.5, 0.6) is 5.75 Å². The molecule has 2 aromatic heterocycles. The summed E-state index contributed by atoms with van der Waals surface area (Å²) in [7, 11) is 0. The molecule has 0 radical (unpaired) electrons. The second-order valence-electron chi connectivity index (χ2n) is 5.51. The third kappa shape index (κ3) is 3.23. The van der Waals surface area contributed by atoms with Gasteiger partial charge in [-0.25, -0.2) is 4.98 Å². The van der Waals surface area contributed by atoms with E-state index in [0.717, 1.165) is 17.7 Å². The Kier molecular flexibility index (Phi) is 4.37. The molecule has 3 rings (SSSR count). The minimum absolute atomic E-state index is 0.0734. The first-order valence-electron chi connectivity index (χ1n) is 7.72. The minimum Gasteiger partial charge on any atom is -0.490 e. The molecule has 5 heteroatoms. The van der Waals surface area contributed by atoms with E-state index in [1.807, 2.05) is 31.2 Å². The van der Waals surface area contributed by atoms with E-state index in [-0.39, 0.29) is 11.7 Å². The number of hydrogen-bond donors (Lipinski definition) is 0. The summed E-state index contributed by atoms with van der Waals surface area (Å²) in [6, 6.07) is 9.49. The number of hydrogen-bond acceptors (Lipinski definition) is 4. The Morgan fingerprint density at radius 2 is 2.09 bits per heavy atom. The van der Waals surface area contributed by atoms with Crippen LogP contribution >= 0.6 is 0 Å². The highest BCUT2D eigenvalue weighted by Crippen LogP contribution is 2.21. The summed E-state index contributed by atoms with van der Waals surface area (Å²) in [5.74, 6) is 0.809. The summed E-state index contributed by atoms with van der Waals surface area (Å²) in [5.41, 5.74) is 1.50. The summed E-state index contributed by atoms with van der Waals surface area (Å²) >= 11 is 0. The first kappa shape index (κ1) is 15.2. The van der Waals surface area contributed by atoms with Crippen molar-refractivity contribution in [3.05, 3.63) is 65.0 Å². The molecule has 0 amide bonds. The van der Waals surface area contributed by atoms with Gasteiger partial charge >= 0.3 is 0 Å². The first-order chi connectivity index (χ1) is 11.2. The van der Waals surface area contributed by atoms with Crippen molar-refractivity contribution in [2.24, 2.45) is 0 Å². The fourth-order valence-corrected chi connectivity index (χ4v) is 2.35. The lowest BCUT2D eigenvalue weighted by Gasteiger charge is -2.16. The molecule has 0 spiro atoms. The SMILES string of the molecule is CC[C@@H](C)Oc1ccccc1Cn1cnc2cnccc2c1=O. The first-order valence-corrected chi connectivity index (χ1v) is 7.72. The van der Waals surface area contributed by atoms with Crippen LogP contribution in [0.3, 0.4) is 0 Å². The predicted octanol–water partition coefficient (Wildman–Crippen LogP) is 3.02. The van der Waals surface area contributed by atoms with Crippen LogP contribution in [0.15, 0.2) is 53.8 Å². The largest absolute Gasteiger partial charge is 0.490 e. The van der Waals surface area contributed by atoms with Crippen LogP contribution in [0, 0.1) is 0 Å². The molecule has 2 heterocycles. The van der Waals surface area contributed by atoms with Gasteiger partial charge in [0.25, 0.3) is 5.56 Å². The average Bonchev–Trinajstić information content (AvgIpc) is 2.59. The molecule has 0 aliphatic heterocycles. The molecule has 3 aromatic rings. The second kappa shape index (κ2) is 6.60. The molecule has 0 saturated carbocycles. The molecule has 0 N–H and O–H groups in total. The quantitative estimate of drug-likeness (QED) is 0.727. The Hall–Kier alpha value is -2.69. The predicted molar refractivity (Wildman–Crippen MR) is 89.7 cm³/mol. The minimum atomic E-state index is -0.0734. The summed E-state index contributed by atoms with van der Waals surface area (Å²) in [5, 5.41) is 0.572. The lowest BCUT2D eigenvalue weighted by atomic mass is 10.2. The van der Waals surface area contributed by atoms with Gasteiger partial charge in [0.05, 0.1) is 36.1 Å². The highest BCUT2D eigenvalue weighted by Gasteiger charge is 2.09. The number of fused-ring (bicyclic) bond motifs is 1. The second-order valence-corrected chi connectivity index (χ2v) is 5.51. The summed E-state index contributed by atoms with van der Waals surface area (Å²) in [6.07, 6.45) is 5.83. The number of benzene rings is 1. The molecule has 5 nitrogen and oxygen atoms in total. The fraction of sp³-hybridized carbons (Fsp3) is 0.278. The van der Waals surface area contributed by atoms with E-state index in [1.54, 1.807) is 29.4 Å². The van der Waals surface area contributed by atoms with Crippen LogP contribution < -0.4 is 10.3 Å². The molecule has 1 atom stereocenters. The third-order valence-electron chi connectivity index (χ3n) is 3.84. The van der Waals surface area contributed by atoms with Crippen molar-refractivity contribution in [2.75, 3.05) is 0 Å². The Bertz CT molecular complexity index is 873. The maximum Gasteiger partial charge on any atom is 0.261 e. The Morgan fingerprint density at radius 3 is 2.91 bits per heavy atom. The highest BCUT2D eigenvalue weighted by molar-refractivity contribution is 5.75. The van der Waals surface area contributed by atoms with Gasteiger partial charge in [-0.3, -0.25) is 14.3 Å². The van der Waals surface area contributed by atoms with Gasteiger partial charge in [-0.2, -0.15) is 0 Å². The summed E-state index contributed by atoms with van der Waals surface area (Å²) < 4.78 is 7.55. The van der Waals surface area contributed by atoms with E-state index >= 15 is 0 Å². The van der Waals surface area contributed by atoms with Gasteiger partial charge in [0, 0.05) is 11.8 Å². The van der Waals surface area contributed by atoms with Gasteiger partial charge in [-0.15, -0.1) is 0 Å². The van der Waals surface area contributed by atoms with Gasteiger partial charge in [0.2, 0.25) is 0 Å². The Morgan fingerprint density at radius 1 is 1.26 bits per heavy atom. The van der Waals surface area contributed by atoms with Crippen molar-refractivity contribution < 1.29 is 4.74 Å². The van der Waals surface area contributed by atoms with Gasteiger partial charge in [0.1, 0.15) is 5.75 Å². The number of aromatic nitrogens is 3. The molecular formula is C18H19N3O2. The van der Waals surface area contributed by atoms with Gasteiger partial charge < -0.3 is 4.74 Å². The summed E-state index contributed by atoms with van der Waals surface area (Å²) in [4.78, 5) is 20.9. The number of para-hydroxylation sites is 1. The number of ether oxygens (including phenoxy) is 1. The Labute approximate surface area is 134 Å². The molecule has 23 heavy (non-hydrogen) atoms. The standard InChI is InChI=1S/C18H19N3O2/c1-3-13(2)23-17-7-5-4-6-14(17)11-21-12-20-16-10-19-9-8-15(16)18(21)22/h4-10,12-13H,3,11H2,1-2H3/t13-/m1/s1. The summed E-state index contributed by atoms with van der Waals surface area (Å²) in [6.45, 7) is 4.54. The molecule has 0 aliphatic rings. The highest BCUT2D eigenvalue weighted by atomic mass is 16.5. The molecule has 0 aliphatic carbocycles. The van der Waals surface area contributed by atoms with Gasteiger partial charge in [-0.05, 0) is 25.5 Å². The van der Waals surface area contributed by atoms with Crippen molar-refractivity contribution in [3.63, 3.8) is 0 Å². The van der Waals surface area contributed by atoms with Crippen molar-refractivity contribution in [1.29, 1.82) is 0 Å². The van der Waals surface area contributed by atoms with Crippen LogP contribution in [-0.2, 0) is 6.54 Å². The van der Waals surface area contributed by atoms with Gasteiger partial charge in [-0.1, -0.05) is 25.1 Å². The monoisotopic (exact) mass is 309 g/mol. The van der Waals surface area contributed by atoms with Crippen LogP contribution in [0.25, 0.3) is 10.9 Å². The molecule has 0 bridgehead atoms. The maximum atomic E-state index is 12.6. The molecule has 0 unspecified atom stereocenters. The number of pyridine rings is 1. The third-order valence-corrected chi connectivity index (χ3v) is 3.84. The van der Waals surface area contributed by atoms with E-state index in [2.05, 4.69) is 16.9 Å². The lowest BCUT2D eigenvalue weighted by Crippen LogP contribution is -2.22. The van der Waals surface area contributed by atoms with E-state index in [0.29, 0.717) is 17.4 Å². The van der Waals surface area contributed by atoms with Crippen molar-refractivity contribution >= 4 is 10.9 Å². The Balaban J connectivity index is 1.97. The van der Waals surface area contributed by atoms with Crippen molar-refractivity contribution in [2.45, 2.75) is 32.9 Å². The van der Waals surface area contributed by atoms with Crippen LogP contribution in [-0.4, -0.2) is 20.6 Å². The normalized spacial score (nSPS) is 12.3. The molecule has 0 saturated heterocycles. The van der Waals surface area contributed by atoms with Crippen LogP contribution in [0.2, 0.25) is 0 Å². The van der Waals surface area contributed by atoms with Crippen LogP contribution in [0.4, 0.5) is 0 Å². The van der Waals surface area contributed by atoms with E-state index in [4.69, 9.17) is 4.74 Å². The average molecular weight is 309 g/mol. The molecule has 0 fully saturated rings. The zero-order valence-electron chi connectivity index (χ0n) is 13.3.